The maximum atomic E-state index is 12.2. The van der Waals surface area contributed by atoms with Crippen molar-refractivity contribution in [1.29, 1.82) is 5.26 Å². The number of nitriles is 1. The van der Waals surface area contributed by atoms with Gasteiger partial charge >= 0.3 is 0 Å². The zero-order valence-electron chi connectivity index (χ0n) is 14.4. The van der Waals surface area contributed by atoms with Gasteiger partial charge in [-0.3, -0.25) is 4.79 Å². The summed E-state index contributed by atoms with van der Waals surface area (Å²) in [5, 5.41) is 21.6. The van der Waals surface area contributed by atoms with Gasteiger partial charge in [-0.1, -0.05) is 35.5 Å². The molecule has 8 heteroatoms. The number of hydrogen-bond donors (Lipinski definition) is 2. The van der Waals surface area contributed by atoms with Gasteiger partial charge in [0, 0.05) is 10.9 Å². The number of hydrogen-bond acceptors (Lipinski definition) is 6. The number of aromatic amines is 1. The molecule has 0 aliphatic carbocycles. The molecule has 0 saturated carbocycles. The smallest absolute Gasteiger partial charge is 0.234 e. The zero-order valence-corrected chi connectivity index (χ0v) is 15.2. The van der Waals surface area contributed by atoms with E-state index in [2.05, 4.69) is 31.6 Å². The molecule has 0 aliphatic rings. The predicted octanol–water partition coefficient (Wildman–Crippen LogP) is 3.42. The summed E-state index contributed by atoms with van der Waals surface area (Å²) in [6.07, 6.45) is 0. The number of nitrogens with zero attached hydrogens (tertiary/aromatic N) is 4. The fraction of sp³-hybridized carbons (Fsp3) is 0.105. The molecule has 132 valence electrons. The van der Waals surface area contributed by atoms with Crippen LogP contribution in [0, 0.1) is 18.3 Å². The second-order valence-electron chi connectivity index (χ2n) is 5.96. The molecular formula is C19H14N6OS. The SMILES string of the molecule is Cc1ccc2[nH]c3nc(SCC(=O)Nc4ccccc4C#N)nnc3c2c1. The number of benzene rings is 2. The van der Waals surface area contributed by atoms with E-state index < -0.39 is 0 Å². The Hall–Kier alpha value is -3.44. The molecular weight excluding hydrogens is 360 g/mol. The lowest BCUT2D eigenvalue weighted by Gasteiger charge is -2.05. The average molecular weight is 374 g/mol. The van der Waals surface area contributed by atoms with Crippen molar-refractivity contribution < 1.29 is 4.79 Å². The highest BCUT2D eigenvalue weighted by Crippen LogP contribution is 2.24. The Kier molecular flexibility index (Phi) is 4.44. The van der Waals surface area contributed by atoms with Crippen LogP contribution in [-0.2, 0) is 4.79 Å². The maximum absolute atomic E-state index is 12.2. The summed E-state index contributed by atoms with van der Waals surface area (Å²) in [6.45, 7) is 2.02. The molecule has 27 heavy (non-hydrogen) atoms. The number of H-pyrrole nitrogens is 1. The van der Waals surface area contributed by atoms with Crippen LogP contribution in [0.2, 0.25) is 0 Å². The molecule has 0 radical (unpaired) electrons. The van der Waals surface area contributed by atoms with Crippen LogP contribution in [0.3, 0.4) is 0 Å². The van der Waals surface area contributed by atoms with Gasteiger partial charge in [0.1, 0.15) is 11.6 Å². The molecule has 0 atom stereocenters. The van der Waals surface area contributed by atoms with Crippen molar-refractivity contribution in [2.24, 2.45) is 0 Å². The van der Waals surface area contributed by atoms with Crippen molar-refractivity contribution in [3.05, 3.63) is 53.6 Å². The quantitative estimate of drug-likeness (QED) is 0.530. The minimum Gasteiger partial charge on any atom is -0.338 e. The van der Waals surface area contributed by atoms with Gasteiger partial charge in [-0.05, 0) is 31.2 Å². The summed E-state index contributed by atoms with van der Waals surface area (Å²) >= 11 is 1.19. The number of aromatic nitrogens is 4. The number of fused-ring (bicyclic) bond motifs is 3. The van der Waals surface area contributed by atoms with Crippen molar-refractivity contribution >= 4 is 45.4 Å². The first-order chi connectivity index (χ1) is 13.1. The zero-order chi connectivity index (χ0) is 18.8. The van der Waals surface area contributed by atoms with E-state index in [1.54, 1.807) is 24.3 Å². The van der Waals surface area contributed by atoms with Crippen LogP contribution in [0.1, 0.15) is 11.1 Å². The van der Waals surface area contributed by atoms with Gasteiger partial charge in [-0.2, -0.15) is 5.26 Å². The van der Waals surface area contributed by atoms with Crippen LogP contribution >= 0.6 is 11.8 Å². The van der Waals surface area contributed by atoms with E-state index in [0.717, 1.165) is 16.5 Å². The van der Waals surface area contributed by atoms with Crippen LogP contribution in [0.25, 0.3) is 22.1 Å². The molecule has 0 bridgehead atoms. The second kappa shape index (κ2) is 7.05. The topological polar surface area (TPSA) is 107 Å². The van der Waals surface area contributed by atoms with Crippen molar-refractivity contribution in [2.45, 2.75) is 12.1 Å². The number of carbonyl (C=O) groups is 1. The Morgan fingerprint density at radius 2 is 2.11 bits per heavy atom. The first-order valence-corrected chi connectivity index (χ1v) is 9.17. The molecule has 1 amide bonds. The molecule has 2 N–H and O–H groups in total. The molecule has 2 aromatic heterocycles. The molecule has 4 aromatic rings. The average Bonchev–Trinajstić information content (AvgIpc) is 3.04. The monoisotopic (exact) mass is 374 g/mol. The number of aryl methyl sites for hydroxylation is 1. The normalized spacial score (nSPS) is 10.8. The molecule has 0 spiro atoms. The van der Waals surface area contributed by atoms with Gasteiger partial charge in [-0.15, -0.1) is 10.2 Å². The standard InChI is InChI=1S/C19H14N6OS/c1-11-6-7-15-13(8-11)17-18(22-15)23-19(25-24-17)27-10-16(26)21-14-5-3-2-4-12(14)9-20/h2-8H,10H2,1H3,(H,21,26)(H,22,23,25). The predicted molar refractivity (Wildman–Crippen MR) is 104 cm³/mol. The van der Waals surface area contributed by atoms with Gasteiger partial charge in [0.15, 0.2) is 5.65 Å². The Balaban J connectivity index is 1.49. The number of para-hydroxylation sites is 1. The molecule has 2 heterocycles. The third-order valence-electron chi connectivity index (χ3n) is 4.00. The largest absolute Gasteiger partial charge is 0.338 e. The van der Waals surface area contributed by atoms with Gasteiger partial charge in [0.2, 0.25) is 11.1 Å². The third-order valence-corrected chi connectivity index (χ3v) is 4.84. The molecule has 2 aromatic carbocycles. The highest BCUT2D eigenvalue weighted by molar-refractivity contribution is 7.99. The lowest BCUT2D eigenvalue weighted by atomic mass is 10.2. The van der Waals surface area contributed by atoms with E-state index in [1.807, 2.05) is 25.1 Å². The number of rotatable bonds is 4. The van der Waals surface area contributed by atoms with Crippen LogP contribution in [-0.4, -0.2) is 31.8 Å². The van der Waals surface area contributed by atoms with E-state index in [1.165, 1.54) is 11.8 Å². The summed E-state index contributed by atoms with van der Waals surface area (Å²) in [5.41, 5.74) is 4.35. The third kappa shape index (κ3) is 3.45. The van der Waals surface area contributed by atoms with E-state index in [4.69, 9.17) is 5.26 Å². The second-order valence-corrected chi connectivity index (χ2v) is 6.90. The number of thioether (sulfide) groups is 1. The molecule has 0 aliphatic heterocycles. The Morgan fingerprint density at radius 1 is 1.26 bits per heavy atom. The van der Waals surface area contributed by atoms with Crippen molar-refractivity contribution in [1.82, 2.24) is 20.2 Å². The molecule has 7 nitrogen and oxygen atoms in total. The Labute approximate surface area is 158 Å². The van der Waals surface area contributed by atoms with E-state index in [0.29, 0.717) is 27.6 Å². The van der Waals surface area contributed by atoms with Gasteiger partial charge in [0.25, 0.3) is 0 Å². The highest BCUT2D eigenvalue weighted by Gasteiger charge is 2.12. The summed E-state index contributed by atoms with van der Waals surface area (Å²) in [5.74, 6) is -0.120. The highest BCUT2D eigenvalue weighted by atomic mass is 32.2. The van der Waals surface area contributed by atoms with Crippen LogP contribution in [0.15, 0.2) is 47.6 Å². The Morgan fingerprint density at radius 3 is 2.96 bits per heavy atom. The minimum absolute atomic E-state index is 0.117. The van der Waals surface area contributed by atoms with E-state index in [-0.39, 0.29) is 11.7 Å². The number of amides is 1. The van der Waals surface area contributed by atoms with Gasteiger partial charge in [0.05, 0.1) is 17.0 Å². The van der Waals surface area contributed by atoms with Crippen molar-refractivity contribution in [3.8, 4) is 6.07 Å². The maximum Gasteiger partial charge on any atom is 0.234 e. The first-order valence-electron chi connectivity index (χ1n) is 8.18. The first kappa shape index (κ1) is 17.0. The fourth-order valence-electron chi connectivity index (χ4n) is 2.74. The summed E-state index contributed by atoms with van der Waals surface area (Å²) in [7, 11) is 0. The summed E-state index contributed by atoms with van der Waals surface area (Å²) in [6, 6.07) is 15.0. The molecule has 4 rings (SSSR count). The number of nitrogens with one attached hydrogen (secondary N) is 2. The van der Waals surface area contributed by atoms with Crippen LogP contribution in [0.5, 0.6) is 0 Å². The van der Waals surface area contributed by atoms with E-state index in [9.17, 15) is 4.79 Å². The molecule has 0 unspecified atom stereocenters. The Bertz CT molecular complexity index is 1210. The number of anilines is 1. The molecule has 0 saturated heterocycles. The number of carbonyl (C=O) groups excluding carboxylic acids is 1. The molecule has 0 fully saturated rings. The van der Waals surface area contributed by atoms with Crippen LogP contribution in [0.4, 0.5) is 5.69 Å². The lowest BCUT2D eigenvalue weighted by molar-refractivity contribution is -0.113. The fourth-order valence-corrected chi connectivity index (χ4v) is 3.32. The van der Waals surface area contributed by atoms with Crippen molar-refractivity contribution in [2.75, 3.05) is 11.1 Å². The van der Waals surface area contributed by atoms with Gasteiger partial charge in [-0.25, -0.2) is 4.98 Å². The lowest BCUT2D eigenvalue weighted by Crippen LogP contribution is -2.15. The summed E-state index contributed by atoms with van der Waals surface area (Å²) in [4.78, 5) is 19.9. The van der Waals surface area contributed by atoms with Crippen LogP contribution < -0.4 is 5.32 Å². The van der Waals surface area contributed by atoms with Gasteiger partial charge < -0.3 is 10.3 Å². The van der Waals surface area contributed by atoms with E-state index >= 15 is 0 Å². The minimum atomic E-state index is -0.237. The van der Waals surface area contributed by atoms with Crippen molar-refractivity contribution in [3.63, 3.8) is 0 Å². The summed E-state index contributed by atoms with van der Waals surface area (Å²) < 4.78 is 0.